The number of aromatic amines is 1. The van der Waals surface area contributed by atoms with Crippen LogP contribution < -0.4 is 5.56 Å². The molecule has 1 fully saturated rings. The Bertz CT molecular complexity index is 508. The van der Waals surface area contributed by atoms with E-state index in [1.807, 2.05) is 0 Å². The molecule has 0 aliphatic heterocycles. The zero-order valence-corrected chi connectivity index (χ0v) is 12.1. The summed E-state index contributed by atoms with van der Waals surface area (Å²) in [4.78, 5) is 33.8. The maximum absolute atomic E-state index is 12.1. The Balaban J connectivity index is 1.88. The molecular formula is C14H22N4O2. The molecule has 0 radical (unpaired) electrons. The van der Waals surface area contributed by atoms with Gasteiger partial charge < -0.3 is 14.8 Å². The summed E-state index contributed by atoms with van der Waals surface area (Å²) in [6, 6.07) is 0.636. The molecule has 0 bridgehead atoms. The van der Waals surface area contributed by atoms with Crippen molar-refractivity contribution in [3.63, 3.8) is 0 Å². The average Bonchev–Trinajstić information content (AvgIpc) is 2.98. The van der Waals surface area contributed by atoms with Gasteiger partial charge in [-0.25, -0.2) is 4.98 Å². The second kappa shape index (κ2) is 6.65. The SMILES string of the molecule is CN(CCN(C)C1CCCC1)C(=O)c1ncc[nH]c1=O. The molecule has 1 aromatic rings. The van der Waals surface area contributed by atoms with E-state index in [9.17, 15) is 9.59 Å². The van der Waals surface area contributed by atoms with Gasteiger partial charge in [0.2, 0.25) is 0 Å². The van der Waals surface area contributed by atoms with Crippen LogP contribution in [0.2, 0.25) is 0 Å². The lowest BCUT2D eigenvalue weighted by molar-refractivity contribution is 0.0767. The summed E-state index contributed by atoms with van der Waals surface area (Å²) in [5.41, 5.74) is -0.480. The first kappa shape index (κ1) is 14.7. The number of nitrogens with zero attached hydrogens (tertiary/aromatic N) is 3. The van der Waals surface area contributed by atoms with E-state index in [1.165, 1.54) is 38.1 Å². The van der Waals surface area contributed by atoms with Crippen molar-refractivity contribution in [3.05, 3.63) is 28.4 Å². The van der Waals surface area contributed by atoms with Crippen molar-refractivity contribution in [2.45, 2.75) is 31.7 Å². The molecule has 2 rings (SSSR count). The first-order chi connectivity index (χ1) is 9.59. The molecule has 0 spiro atoms. The number of carbonyl (C=O) groups is 1. The smallest absolute Gasteiger partial charge is 0.279 e. The molecule has 110 valence electrons. The van der Waals surface area contributed by atoms with E-state index in [4.69, 9.17) is 0 Å². The first-order valence-corrected chi connectivity index (χ1v) is 7.09. The third-order valence-corrected chi connectivity index (χ3v) is 3.99. The molecule has 1 amide bonds. The van der Waals surface area contributed by atoms with Gasteiger partial charge in [-0.15, -0.1) is 0 Å². The van der Waals surface area contributed by atoms with E-state index < -0.39 is 5.56 Å². The largest absolute Gasteiger partial charge is 0.339 e. The van der Waals surface area contributed by atoms with E-state index in [2.05, 4.69) is 21.9 Å². The highest BCUT2D eigenvalue weighted by molar-refractivity contribution is 5.91. The van der Waals surface area contributed by atoms with E-state index in [1.54, 1.807) is 11.9 Å². The second-order valence-electron chi connectivity index (χ2n) is 5.41. The topological polar surface area (TPSA) is 69.3 Å². The van der Waals surface area contributed by atoms with Crippen molar-refractivity contribution in [3.8, 4) is 0 Å². The molecule has 0 saturated heterocycles. The summed E-state index contributed by atoms with van der Waals surface area (Å²) in [7, 11) is 3.81. The van der Waals surface area contributed by atoms with Crippen molar-refractivity contribution in [2.24, 2.45) is 0 Å². The van der Waals surface area contributed by atoms with Crippen LogP contribution in [0.4, 0.5) is 0 Å². The van der Waals surface area contributed by atoms with Crippen LogP contribution in [0.5, 0.6) is 0 Å². The number of nitrogens with one attached hydrogen (secondary N) is 1. The quantitative estimate of drug-likeness (QED) is 0.861. The molecule has 1 N–H and O–H groups in total. The standard InChI is InChI=1S/C14H22N4O2/c1-17(11-5-3-4-6-11)9-10-18(2)14(20)12-13(19)16-8-7-15-12/h7-8,11H,3-6,9-10H2,1-2H3,(H,16,19). The van der Waals surface area contributed by atoms with Crippen molar-refractivity contribution >= 4 is 5.91 Å². The van der Waals surface area contributed by atoms with Crippen molar-refractivity contribution in [1.29, 1.82) is 0 Å². The fourth-order valence-corrected chi connectivity index (χ4v) is 2.62. The van der Waals surface area contributed by atoms with Crippen LogP contribution in [0.15, 0.2) is 17.2 Å². The van der Waals surface area contributed by atoms with Crippen molar-refractivity contribution < 1.29 is 4.79 Å². The molecule has 1 aliphatic carbocycles. The number of hydrogen-bond acceptors (Lipinski definition) is 4. The molecule has 0 atom stereocenters. The third-order valence-electron chi connectivity index (χ3n) is 3.99. The highest BCUT2D eigenvalue weighted by Gasteiger charge is 2.21. The summed E-state index contributed by atoms with van der Waals surface area (Å²) >= 11 is 0. The Hall–Kier alpha value is -1.69. The highest BCUT2D eigenvalue weighted by atomic mass is 16.2. The summed E-state index contributed by atoms with van der Waals surface area (Å²) in [5, 5.41) is 0. The number of hydrogen-bond donors (Lipinski definition) is 1. The molecule has 6 heteroatoms. The fraction of sp³-hybridized carbons (Fsp3) is 0.643. The number of aromatic nitrogens is 2. The molecule has 0 unspecified atom stereocenters. The van der Waals surface area contributed by atoms with Crippen LogP contribution in [0.3, 0.4) is 0 Å². The molecule has 1 aliphatic rings. The number of likely N-dealkylation sites (N-methyl/N-ethyl adjacent to an activating group) is 2. The summed E-state index contributed by atoms with van der Waals surface area (Å²) < 4.78 is 0. The molecule has 20 heavy (non-hydrogen) atoms. The summed E-state index contributed by atoms with van der Waals surface area (Å²) in [6.07, 6.45) is 7.93. The van der Waals surface area contributed by atoms with Gasteiger partial charge in [-0.1, -0.05) is 12.8 Å². The fourth-order valence-electron chi connectivity index (χ4n) is 2.62. The Morgan fingerprint density at radius 2 is 2.05 bits per heavy atom. The lowest BCUT2D eigenvalue weighted by Gasteiger charge is -2.26. The van der Waals surface area contributed by atoms with Crippen molar-refractivity contribution in [2.75, 3.05) is 27.2 Å². The minimum absolute atomic E-state index is 0.0430. The Morgan fingerprint density at radius 1 is 1.35 bits per heavy atom. The van der Waals surface area contributed by atoms with E-state index >= 15 is 0 Å². The van der Waals surface area contributed by atoms with Gasteiger partial charge in [0.05, 0.1) is 0 Å². The minimum atomic E-state index is -0.437. The molecule has 1 saturated carbocycles. The normalized spacial score (nSPS) is 15.8. The molecular weight excluding hydrogens is 256 g/mol. The van der Waals surface area contributed by atoms with Gasteiger partial charge in [-0.2, -0.15) is 0 Å². The maximum Gasteiger partial charge on any atom is 0.279 e. The highest BCUT2D eigenvalue weighted by Crippen LogP contribution is 2.21. The third kappa shape index (κ3) is 3.45. The Morgan fingerprint density at radius 3 is 2.70 bits per heavy atom. The Labute approximate surface area is 118 Å². The molecule has 1 aromatic heterocycles. The molecule has 1 heterocycles. The number of rotatable bonds is 5. The van der Waals surface area contributed by atoms with Gasteiger partial charge in [-0.3, -0.25) is 9.59 Å². The van der Waals surface area contributed by atoms with Gasteiger partial charge in [0.25, 0.3) is 11.5 Å². The van der Waals surface area contributed by atoms with Gasteiger partial charge in [0, 0.05) is 38.6 Å². The summed E-state index contributed by atoms with van der Waals surface area (Å²) in [5.74, 6) is -0.327. The zero-order valence-electron chi connectivity index (χ0n) is 12.1. The number of carbonyl (C=O) groups excluding carboxylic acids is 1. The van der Waals surface area contributed by atoms with Crippen LogP contribution in [-0.2, 0) is 0 Å². The molecule has 6 nitrogen and oxygen atoms in total. The van der Waals surface area contributed by atoms with Crippen molar-refractivity contribution in [1.82, 2.24) is 19.8 Å². The maximum atomic E-state index is 12.1. The van der Waals surface area contributed by atoms with Gasteiger partial charge in [0.1, 0.15) is 0 Å². The minimum Gasteiger partial charge on any atom is -0.339 e. The lowest BCUT2D eigenvalue weighted by Crippen LogP contribution is -2.40. The van der Waals surface area contributed by atoms with Crippen LogP contribution in [0, 0.1) is 0 Å². The monoisotopic (exact) mass is 278 g/mol. The van der Waals surface area contributed by atoms with E-state index in [0.29, 0.717) is 12.6 Å². The summed E-state index contributed by atoms with van der Waals surface area (Å²) in [6.45, 7) is 1.42. The zero-order chi connectivity index (χ0) is 14.5. The second-order valence-corrected chi connectivity index (χ2v) is 5.41. The van der Waals surface area contributed by atoms with Gasteiger partial charge >= 0.3 is 0 Å². The van der Waals surface area contributed by atoms with Crippen LogP contribution in [-0.4, -0.2) is 58.9 Å². The van der Waals surface area contributed by atoms with Crippen LogP contribution in [0.1, 0.15) is 36.2 Å². The predicted molar refractivity (Wildman–Crippen MR) is 76.7 cm³/mol. The van der Waals surface area contributed by atoms with E-state index in [-0.39, 0.29) is 11.6 Å². The Kier molecular flexibility index (Phi) is 4.89. The van der Waals surface area contributed by atoms with Gasteiger partial charge in [-0.05, 0) is 19.9 Å². The van der Waals surface area contributed by atoms with E-state index in [0.717, 1.165) is 6.54 Å². The van der Waals surface area contributed by atoms with Crippen LogP contribution in [0.25, 0.3) is 0 Å². The van der Waals surface area contributed by atoms with Crippen LogP contribution >= 0.6 is 0 Å². The van der Waals surface area contributed by atoms with Gasteiger partial charge in [0.15, 0.2) is 5.69 Å². The number of H-pyrrole nitrogens is 1. The molecule has 0 aromatic carbocycles. The first-order valence-electron chi connectivity index (χ1n) is 7.09. The predicted octanol–water partition coefficient (Wildman–Crippen LogP) is 0.716. The lowest BCUT2D eigenvalue weighted by atomic mass is 10.2. The number of amides is 1. The average molecular weight is 278 g/mol.